The van der Waals surface area contributed by atoms with Crippen LogP contribution in [0.25, 0.3) is 11.4 Å². The molecule has 2 aromatic rings. The summed E-state index contributed by atoms with van der Waals surface area (Å²) in [4.78, 5) is 4.59. The van der Waals surface area contributed by atoms with Crippen molar-refractivity contribution in [1.29, 1.82) is 0 Å². The van der Waals surface area contributed by atoms with Crippen molar-refractivity contribution in [1.82, 2.24) is 14.8 Å². The van der Waals surface area contributed by atoms with Crippen LogP contribution in [0.4, 0.5) is 0 Å². The van der Waals surface area contributed by atoms with Gasteiger partial charge >= 0.3 is 0 Å². The molecule has 27 heavy (non-hydrogen) atoms. The van der Waals surface area contributed by atoms with E-state index in [9.17, 15) is 0 Å². The summed E-state index contributed by atoms with van der Waals surface area (Å²) >= 11 is 0. The summed E-state index contributed by atoms with van der Waals surface area (Å²) in [5.74, 6) is 2.57. The molecule has 1 heterocycles. The number of rotatable bonds is 6. The fourth-order valence-electron chi connectivity index (χ4n) is 4.01. The van der Waals surface area contributed by atoms with Gasteiger partial charge in [-0.15, -0.1) is 0 Å². The van der Waals surface area contributed by atoms with Gasteiger partial charge in [-0.05, 0) is 48.8 Å². The third-order valence-electron chi connectivity index (χ3n) is 5.43. The third kappa shape index (κ3) is 4.70. The van der Waals surface area contributed by atoms with E-state index in [0.29, 0.717) is 5.92 Å². The first-order valence-electron chi connectivity index (χ1n) is 10.0. The van der Waals surface area contributed by atoms with Crippen LogP contribution in [0.5, 0.6) is 5.75 Å². The van der Waals surface area contributed by atoms with Crippen LogP contribution in [0.2, 0.25) is 0 Å². The molecule has 1 aliphatic rings. The molecule has 148 valence electrons. The predicted octanol–water partition coefficient (Wildman–Crippen LogP) is 5.11. The Balaban J connectivity index is 1.95. The fraction of sp³-hybridized carbons (Fsp3) is 0.636. The van der Waals surface area contributed by atoms with Crippen LogP contribution in [0.15, 0.2) is 18.5 Å². The highest BCUT2D eigenvalue weighted by molar-refractivity contribution is 5.63. The Morgan fingerprint density at radius 2 is 1.89 bits per heavy atom. The Labute approximate surface area is 163 Å². The molecule has 1 aromatic heterocycles. The highest BCUT2D eigenvalue weighted by Crippen LogP contribution is 2.37. The van der Waals surface area contributed by atoms with E-state index in [0.717, 1.165) is 29.2 Å². The maximum Gasteiger partial charge on any atom is 0.188 e. The summed E-state index contributed by atoms with van der Waals surface area (Å²) in [6.07, 6.45) is 8.34. The number of ether oxygens (including phenoxy) is 2. The third-order valence-corrected chi connectivity index (χ3v) is 5.43. The Hall–Kier alpha value is -1.88. The topological polar surface area (TPSA) is 49.2 Å². The van der Waals surface area contributed by atoms with E-state index in [1.165, 1.54) is 37.7 Å². The maximum atomic E-state index is 5.90. The maximum absolute atomic E-state index is 5.90. The van der Waals surface area contributed by atoms with Crippen LogP contribution >= 0.6 is 0 Å². The van der Waals surface area contributed by atoms with Gasteiger partial charge in [0.1, 0.15) is 12.1 Å². The zero-order valence-corrected chi connectivity index (χ0v) is 17.4. The summed E-state index contributed by atoms with van der Waals surface area (Å²) in [5, 5.41) is 4.53. The molecule has 0 bridgehead atoms. The van der Waals surface area contributed by atoms with Gasteiger partial charge in [0.25, 0.3) is 0 Å². The first-order valence-corrected chi connectivity index (χ1v) is 10.0. The summed E-state index contributed by atoms with van der Waals surface area (Å²) in [6, 6.07) is 4.36. The number of hydrogen-bond donors (Lipinski definition) is 0. The van der Waals surface area contributed by atoms with Crippen molar-refractivity contribution >= 4 is 0 Å². The van der Waals surface area contributed by atoms with Crippen LogP contribution < -0.4 is 4.74 Å². The molecule has 3 rings (SSSR count). The number of aryl methyl sites for hydroxylation is 1. The number of methoxy groups -OCH3 is 1. The molecule has 1 fully saturated rings. The smallest absolute Gasteiger partial charge is 0.188 e. The van der Waals surface area contributed by atoms with Crippen LogP contribution in [-0.4, -0.2) is 28.7 Å². The lowest BCUT2D eigenvalue weighted by atomic mass is 9.84. The second-order valence-electron chi connectivity index (χ2n) is 8.74. The number of nitrogens with zero attached hydrogens (tertiary/aromatic N) is 3. The first-order chi connectivity index (χ1) is 12.9. The molecule has 0 aliphatic heterocycles. The number of aromatic nitrogens is 3. The van der Waals surface area contributed by atoms with Gasteiger partial charge in [0.2, 0.25) is 0 Å². The lowest BCUT2D eigenvalue weighted by molar-refractivity contribution is 0.0493. The molecule has 0 amide bonds. The molecule has 1 aliphatic carbocycles. The van der Waals surface area contributed by atoms with Crippen LogP contribution in [0.1, 0.15) is 64.0 Å². The largest absolute Gasteiger partial charge is 0.467 e. The monoisotopic (exact) mass is 371 g/mol. The normalized spacial score (nSPS) is 15.9. The molecule has 1 aromatic carbocycles. The zero-order valence-electron chi connectivity index (χ0n) is 17.4. The molecule has 0 radical (unpaired) electrons. The van der Waals surface area contributed by atoms with Gasteiger partial charge < -0.3 is 9.47 Å². The Morgan fingerprint density at radius 3 is 2.56 bits per heavy atom. The number of hydrogen-bond acceptors (Lipinski definition) is 4. The van der Waals surface area contributed by atoms with Gasteiger partial charge in [-0.2, -0.15) is 5.10 Å². The van der Waals surface area contributed by atoms with Gasteiger partial charge in [0.05, 0.1) is 0 Å². The van der Waals surface area contributed by atoms with E-state index in [4.69, 9.17) is 9.47 Å². The van der Waals surface area contributed by atoms with Gasteiger partial charge in [-0.1, -0.05) is 40.0 Å². The van der Waals surface area contributed by atoms with Crippen molar-refractivity contribution in [3.63, 3.8) is 0 Å². The Morgan fingerprint density at radius 1 is 1.15 bits per heavy atom. The van der Waals surface area contributed by atoms with E-state index < -0.39 is 0 Å². The van der Waals surface area contributed by atoms with Crippen molar-refractivity contribution in [2.24, 2.45) is 5.92 Å². The fourth-order valence-corrected chi connectivity index (χ4v) is 4.01. The van der Waals surface area contributed by atoms with E-state index in [1.54, 1.807) is 13.4 Å². The molecular formula is C22H33N3O2. The molecule has 1 saturated carbocycles. The van der Waals surface area contributed by atoms with Crippen molar-refractivity contribution in [2.75, 3.05) is 13.9 Å². The van der Waals surface area contributed by atoms with Crippen molar-refractivity contribution < 1.29 is 9.47 Å². The standard InChI is InChI=1S/C22H33N3O2/c1-16-11-18(12-19(22(2,3)4)20(16)27-15-26-5)21-23-14-24-25(21)13-17-9-7-6-8-10-17/h11-12,14,17H,6-10,13,15H2,1-5H3. The highest BCUT2D eigenvalue weighted by Gasteiger charge is 2.24. The number of benzene rings is 1. The van der Waals surface area contributed by atoms with E-state index in [1.807, 2.05) is 0 Å². The second kappa shape index (κ2) is 8.42. The van der Waals surface area contributed by atoms with E-state index in [-0.39, 0.29) is 12.2 Å². The predicted molar refractivity (Wildman–Crippen MR) is 108 cm³/mol. The van der Waals surface area contributed by atoms with E-state index >= 15 is 0 Å². The average molecular weight is 372 g/mol. The summed E-state index contributed by atoms with van der Waals surface area (Å²) < 4.78 is 13.1. The van der Waals surface area contributed by atoms with E-state index in [2.05, 4.69) is 54.6 Å². The lowest BCUT2D eigenvalue weighted by Crippen LogP contribution is -2.17. The quantitative estimate of drug-likeness (QED) is 0.662. The highest BCUT2D eigenvalue weighted by atomic mass is 16.7. The minimum absolute atomic E-state index is 0.0436. The lowest BCUT2D eigenvalue weighted by Gasteiger charge is -2.25. The van der Waals surface area contributed by atoms with Gasteiger partial charge in [0, 0.05) is 24.8 Å². The molecule has 0 unspecified atom stereocenters. The molecule has 5 nitrogen and oxygen atoms in total. The molecular weight excluding hydrogens is 338 g/mol. The summed E-state index contributed by atoms with van der Waals surface area (Å²) in [5.41, 5.74) is 3.33. The second-order valence-corrected chi connectivity index (χ2v) is 8.74. The molecule has 0 saturated heterocycles. The molecule has 5 heteroatoms. The van der Waals surface area contributed by atoms with Crippen molar-refractivity contribution in [3.05, 3.63) is 29.6 Å². The van der Waals surface area contributed by atoms with Crippen molar-refractivity contribution in [3.8, 4) is 17.1 Å². The van der Waals surface area contributed by atoms with Gasteiger partial charge in [0.15, 0.2) is 12.6 Å². The van der Waals surface area contributed by atoms with Gasteiger partial charge in [-0.25, -0.2) is 9.67 Å². The minimum atomic E-state index is -0.0436. The first kappa shape index (κ1) is 19.9. The van der Waals surface area contributed by atoms with Crippen LogP contribution in [-0.2, 0) is 16.7 Å². The minimum Gasteiger partial charge on any atom is -0.467 e. The Bertz CT molecular complexity index is 755. The molecule has 0 atom stereocenters. The summed E-state index contributed by atoms with van der Waals surface area (Å²) in [6.45, 7) is 9.92. The van der Waals surface area contributed by atoms with Crippen LogP contribution in [0.3, 0.4) is 0 Å². The zero-order chi connectivity index (χ0) is 19.4. The SMILES string of the molecule is COCOc1c(C)cc(-c2ncnn2CC2CCCCC2)cc1C(C)(C)C. The van der Waals surface area contributed by atoms with Crippen molar-refractivity contribution in [2.45, 2.75) is 71.8 Å². The Kier molecular flexibility index (Phi) is 6.20. The average Bonchev–Trinajstić information content (AvgIpc) is 3.08. The van der Waals surface area contributed by atoms with Crippen LogP contribution in [0, 0.1) is 12.8 Å². The molecule has 0 spiro atoms. The summed E-state index contributed by atoms with van der Waals surface area (Å²) in [7, 11) is 1.65. The molecule has 0 N–H and O–H groups in total. The van der Waals surface area contributed by atoms with Gasteiger partial charge in [-0.3, -0.25) is 0 Å².